The average Bonchev–Trinajstić information content (AvgIpc) is 2.15. The first-order valence-corrected chi connectivity index (χ1v) is 5.25. The molecule has 0 aromatic heterocycles. The Morgan fingerprint density at radius 2 is 2.33 bits per heavy atom. The fourth-order valence-corrected chi connectivity index (χ4v) is 1.80. The van der Waals surface area contributed by atoms with Crippen LogP contribution in [0.3, 0.4) is 0 Å². The molecule has 0 spiro atoms. The Kier molecular flexibility index (Phi) is 4.62. The Bertz CT molecular complexity index is 108. The first kappa shape index (κ1) is 10.0. The van der Waals surface area contributed by atoms with Crippen LogP contribution in [-0.4, -0.2) is 37.6 Å². The monoisotopic (exact) mass is 170 g/mol. The van der Waals surface area contributed by atoms with E-state index in [1.165, 1.54) is 45.3 Å². The van der Waals surface area contributed by atoms with Crippen molar-refractivity contribution in [3.63, 3.8) is 0 Å². The number of nitrogens with zero attached hydrogens (tertiary/aromatic N) is 1. The summed E-state index contributed by atoms with van der Waals surface area (Å²) in [5.41, 5.74) is 0. The SMILES string of the molecule is CCCCN(C)[C@@H]1CCCNC1. The lowest BCUT2D eigenvalue weighted by Gasteiger charge is -2.31. The highest BCUT2D eigenvalue weighted by atomic mass is 15.1. The molecule has 2 heteroatoms. The third-order valence-electron chi connectivity index (χ3n) is 2.76. The molecule has 0 aromatic carbocycles. The Morgan fingerprint density at radius 1 is 1.50 bits per heavy atom. The normalized spacial score (nSPS) is 24.8. The molecule has 1 fully saturated rings. The molecule has 1 atom stereocenters. The quantitative estimate of drug-likeness (QED) is 0.687. The molecule has 1 heterocycles. The van der Waals surface area contributed by atoms with E-state index in [0.717, 1.165) is 6.04 Å². The molecule has 1 aliphatic heterocycles. The van der Waals surface area contributed by atoms with Crippen LogP contribution in [0.2, 0.25) is 0 Å². The number of hydrogen-bond acceptors (Lipinski definition) is 2. The molecule has 12 heavy (non-hydrogen) atoms. The highest BCUT2D eigenvalue weighted by Crippen LogP contribution is 2.08. The van der Waals surface area contributed by atoms with E-state index in [4.69, 9.17) is 0 Å². The van der Waals surface area contributed by atoms with Crippen LogP contribution >= 0.6 is 0 Å². The number of nitrogens with one attached hydrogen (secondary N) is 1. The Morgan fingerprint density at radius 3 is 2.92 bits per heavy atom. The standard InChI is InChI=1S/C10H22N2/c1-3-4-8-12(2)10-6-5-7-11-9-10/h10-11H,3-9H2,1-2H3/t10-/m1/s1. The van der Waals surface area contributed by atoms with Crippen molar-refractivity contribution >= 4 is 0 Å². The topological polar surface area (TPSA) is 15.3 Å². The zero-order valence-corrected chi connectivity index (χ0v) is 8.47. The van der Waals surface area contributed by atoms with E-state index in [1.807, 2.05) is 0 Å². The summed E-state index contributed by atoms with van der Waals surface area (Å²) in [5.74, 6) is 0. The summed E-state index contributed by atoms with van der Waals surface area (Å²) in [6.07, 6.45) is 5.38. The maximum absolute atomic E-state index is 3.45. The molecule has 1 rings (SSSR count). The summed E-state index contributed by atoms with van der Waals surface area (Å²) in [6.45, 7) is 5.94. The fraction of sp³-hybridized carbons (Fsp3) is 1.00. The van der Waals surface area contributed by atoms with Crippen molar-refractivity contribution in [3.8, 4) is 0 Å². The van der Waals surface area contributed by atoms with Crippen molar-refractivity contribution in [2.75, 3.05) is 26.7 Å². The van der Waals surface area contributed by atoms with E-state index in [-0.39, 0.29) is 0 Å². The van der Waals surface area contributed by atoms with Crippen molar-refractivity contribution in [2.24, 2.45) is 0 Å². The van der Waals surface area contributed by atoms with E-state index >= 15 is 0 Å². The Balaban J connectivity index is 2.15. The van der Waals surface area contributed by atoms with Gasteiger partial charge in [-0.15, -0.1) is 0 Å². The average molecular weight is 170 g/mol. The minimum Gasteiger partial charge on any atom is -0.315 e. The Hall–Kier alpha value is -0.0800. The lowest BCUT2D eigenvalue weighted by molar-refractivity contribution is 0.201. The van der Waals surface area contributed by atoms with Crippen LogP contribution < -0.4 is 5.32 Å². The van der Waals surface area contributed by atoms with Gasteiger partial charge in [-0.3, -0.25) is 0 Å². The van der Waals surface area contributed by atoms with E-state index in [1.54, 1.807) is 0 Å². The van der Waals surface area contributed by atoms with Gasteiger partial charge in [0.1, 0.15) is 0 Å². The second-order valence-electron chi connectivity index (χ2n) is 3.83. The van der Waals surface area contributed by atoms with Gasteiger partial charge in [-0.25, -0.2) is 0 Å². The highest BCUT2D eigenvalue weighted by molar-refractivity contribution is 4.75. The van der Waals surface area contributed by atoms with Gasteiger partial charge in [0.05, 0.1) is 0 Å². The lowest BCUT2D eigenvalue weighted by atomic mass is 10.1. The molecule has 72 valence electrons. The zero-order valence-electron chi connectivity index (χ0n) is 8.47. The van der Waals surface area contributed by atoms with E-state index < -0.39 is 0 Å². The van der Waals surface area contributed by atoms with Crippen molar-refractivity contribution in [1.29, 1.82) is 0 Å². The van der Waals surface area contributed by atoms with Crippen LogP contribution in [0.4, 0.5) is 0 Å². The maximum Gasteiger partial charge on any atom is 0.0218 e. The summed E-state index contributed by atoms with van der Waals surface area (Å²) < 4.78 is 0. The lowest BCUT2D eigenvalue weighted by Crippen LogP contribution is -2.44. The molecular formula is C10H22N2. The molecule has 0 aromatic rings. The molecule has 1 aliphatic rings. The first-order chi connectivity index (χ1) is 5.84. The summed E-state index contributed by atoms with van der Waals surface area (Å²) in [7, 11) is 2.26. The summed E-state index contributed by atoms with van der Waals surface area (Å²) in [6, 6.07) is 0.797. The van der Waals surface area contributed by atoms with Crippen LogP contribution in [0.25, 0.3) is 0 Å². The minimum absolute atomic E-state index is 0.797. The molecule has 1 saturated heterocycles. The van der Waals surface area contributed by atoms with Gasteiger partial charge in [-0.2, -0.15) is 0 Å². The van der Waals surface area contributed by atoms with E-state index in [9.17, 15) is 0 Å². The summed E-state index contributed by atoms with van der Waals surface area (Å²) in [4.78, 5) is 2.51. The molecule has 0 amide bonds. The van der Waals surface area contributed by atoms with Gasteiger partial charge in [-0.05, 0) is 39.4 Å². The molecule has 0 unspecified atom stereocenters. The van der Waals surface area contributed by atoms with E-state index in [0.29, 0.717) is 0 Å². The van der Waals surface area contributed by atoms with Crippen molar-refractivity contribution in [1.82, 2.24) is 10.2 Å². The van der Waals surface area contributed by atoms with Gasteiger partial charge >= 0.3 is 0 Å². The molecule has 0 aliphatic carbocycles. The third-order valence-corrected chi connectivity index (χ3v) is 2.76. The summed E-state index contributed by atoms with van der Waals surface area (Å²) in [5, 5.41) is 3.45. The number of hydrogen-bond donors (Lipinski definition) is 1. The van der Waals surface area contributed by atoms with Crippen molar-refractivity contribution in [2.45, 2.75) is 38.6 Å². The molecule has 0 bridgehead atoms. The first-order valence-electron chi connectivity index (χ1n) is 5.25. The largest absolute Gasteiger partial charge is 0.315 e. The summed E-state index contributed by atoms with van der Waals surface area (Å²) >= 11 is 0. The van der Waals surface area contributed by atoms with Crippen molar-refractivity contribution < 1.29 is 0 Å². The van der Waals surface area contributed by atoms with Gasteiger partial charge in [0, 0.05) is 12.6 Å². The number of rotatable bonds is 4. The highest BCUT2D eigenvalue weighted by Gasteiger charge is 2.16. The van der Waals surface area contributed by atoms with Crippen molar-refractivity contribution in [3.05, 3.63) is 0 Å². The minimum atomic E-state index is 0.797. The molecule has 0 saturated carbocycles. The molecule has 0 radical (unpaired) electrons. The molecule has 2 nitrogen and oxygen atoms in total. The van der Waals surface area contributed by atoms with Crippen LogP contribution in [0.15, 0.2) is 0 Å². The third kappa shape index (κ3) is 3.11. The van der Waals surface area contributed by atoms with Gasteiger partial charge < -0.3 is 10.2 Å². The van der Waals surface area contributed by atoms with Gasteiger partial charge in [-0.1, -0.05) is 13.3 Å². The second kappa shape index (κ2) is 5.55. The van der Waals surface area contributed by atoms with Crippen LogP contribution in [0, 0.1) is 0 Å². The number of unbranched alkanes of at least 4 members (excludes halogenated alkanes) is 1. The van der Waals surface area contributed by atoms with Crippen LogP contribution in [-0.2, 0) is 0 Å². The molecular weight excluding hydrogens is 148 g/mol. The van der Waals surface area contributed by atoms with Gasteiger partial charge in [0.25, 0.3) is 0 Å². The van der Waals surface area contributed by atoms with Gasteiger partial charge in [0.2, 0.25) is 0 Å². The van der Waals surface area contributed by atoms with Crippen LogP contribution in [0.1, 0.15) is 32.6 Å². The predicted octanol–water partition coefficient (Wildman–Crippen LogP) is 1.47. The van der Waals surface area contributed by atoms with E-state index in [2.05, 4.69) is 24.2 Å². The molecule has 1 N–H and O–H groups in total. The van der Waals surface area contributed by atoms with Gasteiger partial charge in [0.15, 0.2) is 0 Å². The second-order valence-corrected chi connectivity index (χ2v) is 3.83. The smallest absolute Gasteiger partial charge is 0.0218 e. The maximum atomic E-state index is 3.45. The number of piperidine rings is 1. The zero-order chi connectivity index (χ0) is 8.81. The Labute approximate surface area is 76.3 Å². The van der Waals surface area contributed by atoms with Crippen LogP contribution in [0.5, 0.6) is 0 Å². The number of likely N-dealkylation sites (N-methyl/N-ethyl adjacent to an activating group) is 1. The predicted molar refractivity (Wildman–Crippen MR) is 53.4 cm³/mol. The fourth-order valence-electron chi connectivity index (χ4n) is 1.80.